The van der Waals surface area contributed by atoms with E-state index >= 15 is 0 Å². The summed E-state index contributed by atoms with van der Waals surface area (Å²) in [6, 6.07) is 9.41. The second-order valence-corrected chi connectivity index (χ2v) is 5.88. The molecule has 0 unspecified atom stereocenters. The van der Waals surface area contributed by atoms with Crippen molar-refractivity contribution in [3.05, 3.63) is 47.5 Å². The Kier molecular flexibility index (Phi) is 7.59. The number of carbonyl (C=O) groups is 3. The Balaban J connectivity index is 2.11. The topological polar surface area (TPSA) is 100 Å². The number of ketones is 1. The second kappa shape index (κ2) is 10.1. The Morgan fingerprint density at radius 2 is 1.55 bits per heavy atom. The van der Waals surface area contributed by atoms with Crippen molar-refractivity contribution in [2.45, 2.75) is 13.3 Å². The maximum absolute atomic E-state index is 12.3. The van der Waals surface area contributed by atoms with Gasteiger partial charge in [0.05, 0.1) is 32.6 Å². The normalized spacial score (nSPS) is 10.1. The van der Waals surface area contributed by atoms with E-state index in [9.17, 15) is 14.4 Å². The minimum absolute atomic E-state index is 0.0260. The van der Waals surface area contributed by atoms with Crippen LogP contribution in [0.5, 0.6) is 17.2 Å². The summed E-state index contributed by atoms with van der Waals surface area (Å²) < 4.78 is 20.6. The molecule has 0 aromatic heterocycles. The molecule has 0 aliphatic carbocycles. The van der Waals surface area contributed by atoms with E-state index in [1.807, 2.05) is 0 Å². The third-order valence-corrected chi connectivity index (χ3v) is 4.07. The number of benzene rings is 2. The lowest BCUT2D eigenvalue weighted by molar-refractivity contribution is -0.118. The fraction of sp³-hybridized carbons (Fsp3) is 0.286. The van der Waals surface area contributed by atoms with Crippen LogP contribution in [-0.2, 0) is 9.53 Å². The predicted octanol–water partition coefficient (Wildman–Crippen LogP) is 3.10. The smallest absolute Gasteiger partial charge is 0.340 e. The van der Waals surface area contributed by atoms with Crippen molar-refractivity contribution in [2.24, 2.45) is 0 Å². The Hall–Kier alpha value is -3.55. The first-order chi connectivity index (χ1) is 13.9. The molecule has 2 rings (SSSR count). The molecular weight excluding hydrogens is 378 g/mol. The van der Waals surface area contributed by atoms with Crippen molar-refractivity contribution >= 4 is 23.3 Å². The van der Waals surface area contributed by atoms with Gasteiger partial charge in [-0.25, -0.2) is 4.79 Å². The van der Waals surface area contributed by atoms with Crippen molar-refractivity contribution in [3.63, 3.8) is 0 Å². The average Bonchev–Trinajstić information content (AvgIpc) is 2.76. The molecule has 1 amide bonds. The van der Waals surface area contributed by atoms with Gasteiger partial charge >= 0.3 is 5.97 Å². The SMILES string of the molecule is CCC(=O)c1ccc(OCC(=O)Nc2cc(OC)c(OC)cc2C(=O)OC)cc1. The lowest BCUT2D eigenvalue weighted by Gasteiger charge is -2.15. The number of methoxy groups -OCH3 is 3. The number of esters is 1. The van der Waals surface area contributed by atoms with Gasteiger partial charge < -0.3 is 24.3 Å². The summed E-state index contributed by atoms with van der Waals surface area (Å²) in [6.45, 7) is 1.49. The minimum Gasteiger partial charge on any atom is -0.493 e. The van der Waals surface area contributed by atoms with E-state index in [0.29, 0.717) is 29.2 Å². The second-order valence-electron chi connectivity index (χ2n) is 5.88. The third kappa shape index (κ3) is 5.47. The van der Waals surface area contributed by atoms with Gasteiger partial charge in [0.15, 0.2) is 23.9 Å². The average molecular weight is 401 g/mol. The molecule has 2 aromatic carbocycles. The molecule has 0 radical (unpaired) electrons. The number of hydrogen-bond donors (Lipinski definition) is 1. The van der Waals surface area contributed by atoms with Gasteiger partial charge in [-0.2, -0.15) is 0 Å². The summed E-state index contributed by atoms with van der Waals surface area (Å²) in [4.78, 5) is 36.0. The molecule has 8 heteroatoms. The van der Waals surface area contributed by atoms with Crippen LogP contribution in [0.15, 0.2) is 36.4 Å². The molecule has 1 N–H and O–H groups in total. The molecule has 0 aliphatic heterocycles. The van der Waals surface area contributed by atoms with E-state index in [0.717, 1.165) is 0 Å². The molecule has 0 atom stereocenters. The summed E-state index contributed by atoms with van der Waals surface area (Å²) in [6.07, 6.45) is 0.413. The molecule has 0 saturated carbocycles. The fourth-order valence-corrected chi connectivity index (χ4v) is 2.54. The van der Waals surface area contributed by atoms with E-state index in [4.69, 9.17) is 18.9 Å². The van der Waals surface area contributed by atoms with Gasteiger partial charge in [-0.15, -0.1) is 0 Å². The number of ether oxygens (including phenoxy) is 4. The van der Waals surface area contributed by atoms with E-state index in [2.05, 4.69) is 5.32 Å². The van der Waals surface area contributed by atoms with Crippen molar-refractivity contribution in [1.29, 1.82) is 0 Å². The Labute approximate surface area is 168 Å². The molecule has 29 heavy (non-hydrogen) atoms. The highest BCUT2D eigenvalue weighted by Crippen LogP contribution is 2.33. The summed E-state index contributed by atoms with van der Waals surface area (Å²) in [5.74, 6) is -0.00255. The van der Waals surface area contributed by atoms with Gasteiger partial charge in [0.1, 0.15) is 5.75 Å². The van der Waals surface area contributed by atoms with Gasteiger partial charge in [0, 0.05) is 24.1 Å². The van der Waals surface area contributed by atoms with Crippen LogP contribution in [0.4, 0.5) is 5.69 Å². The minimum atomic E-state index is -0.640. The molecule has 0 fully saturated rings. The fourth-order valence-electron chi connectivity index (χ4n) is 2.54. The van der Waals surface area contributed by atoms with E-state index < -0.39 is 11.9 Å². The molecule has 154 valence electrons. The number of rotatable bonds is 9. The van der Waals surface area contributed by atoms with Crippen LogP contribution in [0.2, 0.25) is 0 Å². The first-order valence-electron chi connectivity index (χ1n) is 8.83. The van der Waals surface area contributed by atoms with Crippen molar-refractivity contribution < 1.29 is 33.3 Å². The summed E-state index contributed by atoms with van der Waals surface area (Å²) in [7, 11) is 4.11. The number of hydrogen-bond acceptors (Lipinski definition) is 7. The van der Waals surface area contributed by atoms with Crippen molar-refractivity contribution in [1.82, 2.24) is 0 Å². The lowest BCUT2D eigenvalue weighted by Crippen LogP contribution is -2.22. The van der Waals surface area contributed by atoms with Crippen LogP contribution < -0.4 is 19.5 Å². The largest absolute Gasteiger partial charge is 0.493 e. The predicted molar refractivity (Wildman–Crippen MR) is 106 cm³/mol. The lowest BCUT2D eigenvalue weighted by atomic mass is 10.1. The van der Waals surface area contributed by atoms with Crippen LogP contribution in [0.25, 0.3) is 0 Å². The van der Waals surface area contributed by atoms with Crippen LogP contribution in [-0.4, -0.2) is 45.6 Å². The molecule has 0 heterocycles. The van der Waals surface area contributed by atoms with E-state index in [1.54, 1.807) is 31.2 Å². The zero-order valence-corrected chi connectivity index (χ0v) is 16.7. The van der Waals surface area contributed by atoms with Gasteiger partial charge in [-0.1, -0.05) is 6.92 Å². The number of Topliss-reactive ketones (excluding diaryl/α,β-unsaturated/α-hetero) is 1. The van der Waals surface area contributed by atoms with Gasteiger partial charge in [0.2, 0.25) is 0 Å². The van der Waals surface area contributed by atoms with E-state index in [-0.39, 0.29) is 23.6 Å². The number of anilines is 1. The third-order valence-electron chi connectivity index (χ3n) is 4.07. The highest BCUT2D eigenvalue weighted by molar-refractivity contribution is 6.02. The zero-order valence-electron chi connectivity index (χ0n) is 16.7. The zero-order chi connectivity index (χ0) is 21.4. The maximum Gasteiger partial charge on any atom is 0.340 e. The Morgan fingerprint density at radius 3 is 2.10 bits per heavy atom. The molecule has 0 saturated heterocycles. The summed E-state index contributed by atoms with van der Waals surface area (Å²) in [5.41, 5.74) is 0.894. The number of nitrogens with one attached hydrogen (secondary N) is 1. The van der Waals surface area contributed by atoms with Crippen molar-refractivity contribution in [3.8, 4) is 17.2 Å². The Morgan fingerprint density at radius 1 is 0.931 bits per heavy atom. The summed E-state index contributed by atoms with van der Waals surface area (Å²) in [5, 5.41) is 2.61. The van der Waals surface area contributed by atoms with E-state index in [1.165, 1.54) is 33.5 Å². The standard InChI is InChI=1S/C21H23NO7/c1-5-17(23)13-6-8-14(9-7-13)29-12-20(24)22-16-11-19(27-3)18(26-2)10-15(16)21(25)28-4/h6-11H,5,12H2,1-4H3,(H,22,24). The van der Waals surface area contributed by atoms with Crippen LogP contribution in [0.1, 0.15) is 34.1 Å². The van der Waals surface area contributed by atoms with Crippen molar-refractivity contribution in [2.75, 3.05) is 33.3 Å². The van der Waals surface area contributed by atoms with Crippen LogP contribution in [0.3, 0.4) is 0 Å². The number of carbonyl (C=O) groups excluding carboxylic acids is 3. The molecule has 2 aromatic rings. The number of amides is 1. The van der Waals surface area contributed by atoms with Crippen LogP contribution >= 0.6 is 0 Å². The first kappa shape index (κ1) is 21.7. The highest BCUT2D eigenvalue weighted by atomic mass is 16.5. The maximum atomic E-state index is 12.3. The monoisotopic (exact) mass is 401 g/mol. The van der Waals surface area contributed by atoms with Crippen LogP contribution in [0, 0.1) is 0 Å². The summed E-state index contributed by atoms with van der Waals surface area (Å²) >= 11 is 0. The van der Waals surface area contributed by atoms with Gasteiger partial charge in [-0.05, 0) is 24.3 Å². The van der Waals surface area contributed by atoms with Gasteiger partial charge in [0.25, 0.3) is 5.91 Å². The first-order valence-corrected chi connectivity index (χ1v) is 8.83. The quantitative estimate of drug-likeness (QED) is 0.509. The molecule has 0 spiro atoms. The Bertz CT molecular complexity index is 891. The highest BCUT2D eigenvalue weighted by Gasteiger charge is 2.19. The van der Waals surface area contributed by atoms with Gasteiger partial charge in [-0.3, -0.25) is 9.59 Å². The molecule has 8 nitrogen and oxygen atoms in total. The molecule has 0 bridgehead atoms. The molecule has 0 aliphatic rings. The molecular formula is C21H23NO7.